The SMILES string of the molecule is Cc1cc(Cl)cc2sc(N(CCN3CCOCC3)C(=O)C3CCN(S(=O)(=O)c4cccs4)CC3)nc12. The van der Waals surface area contributed by atoms with Crippen molar-refractivity contribution in [1.29, 1.82) is 0 Å². The number of aromatic nitrogens is 1. The quantitative estimate of drug-likeness (QED) is 0.427. The number of halogens is 1. The number of aryl methyl sites for hydroxylation is 1. The van der Waals surface area contributed by atoms with Crippen LogP contribution >= 0.6 is 34.3 Å². The lowest BCUT2D eigenvalue weighted by Crippen LogP contribution is -2.47. The predicted octanol–water partition coefficient (Wildman–Crippen LogP) is 4.09. The second-order valence-electron chi connectivity index (χ2n) is 9.12. The fourth-order valence-corrected chi connectivity index (χ4v) is 8.79. The summed E-state index contributed by atoms with van der Waals surface area (Å²) < 4.78 is 34.1. The highest BCUT2D eigenvalue weighted by Gasteiger charge is 2.35. The van der Waals surface area contributed by atoms with E-state index in [0.717, 1.165) is 35.4 Å². The van der Waals surface area contributed by atoms with E-state index in [2.05, 4.69) is 4.90 Å². The highest BCUT2D eigenvalue weighted by molar-refractivity contribution is 7.91. The number of carbonyl (C=O) groups excluding carboxylic acids is 1. The van der Waals surface area contributed by atoms with Crippen molar-refractivity contribution >= 4 is 65.6 Å². The highest BCUT2D eigenvalue weighted by atomic mass is 35.5. The molecule has 0 bridgehead atoms. The number of nitrogens with zero attached hydrogens (tertiary/aromatic N) is 4. The Bertz CT molecular complexity index is 1310. The van der Waals surface area contributed by atoms with Gasteiger partial charge in [0, 0.05) is 50.2 Å². The standard InChI is InChI=1S/C24H29ClN4O4S3/c1-17-15-19(25)16-20-22(17)26-24(35-20)29(9-8-27-10-12-33-13-11-27)23(30)18-4-6-28(7-5-18)36(31,32)21-3-2-14-34-21/h2-3,14-16,18H,4-13H2,1H3. The Balaban J connectivity index is 1.34. The minimum Gasteiger partial charge on any atom is -0.379 e. The molecule has 2 saturated heterocycles. The smallest absolute Gasteiger partial charge is 0.252 e. The summed E-state index contributed by atoms with van der Waals surface area (Å²) >= 11 is 8.97. The number of thiophene rings is 1. The Morgan fingerprint density at radius 3 is 2.67 bits per heavy atom. The van der Waals surface area contributed by atoms with Gasteiger partial charge >= 0.3 is 0 Å². The molecular weight excluding hydrogens is 540 g/mol. The molecule has 3 aromatic rings. The molecule has 0 N–H and O–H groups in total. The first-order valence-electron chi connectivity index (χ1n) is 12.0. The number of benzene rings is 1. The summed E-state index contributed by atoms with van der Waals surface area (Å²) in [6, 6.07) is 7.15. The lowest BCUT2D eigenvalue weighted by atomic mass is 9.96. The Labute approximate surface area is 224 Å². The normalized spacial score (nSPS) is 18.6. The number of anilines is 1. The van der Waals surface area contributed by atoms with Crippen LogP contribution in [0.2, 0.25) is 5.02 Å². The van der Waals surface area contributed by atoms with Gasteiger partial charge in [-0.3, -0.25) is 14.6 Å². The van der Waals surface area contributed by atoms with E-state index in [-0.39, 0.29) is 11.8 Å². The first-order chi connectivity index (χ1) is 17.3. The molecule has 5 rings (SSSR count). The summed E-state index contributed by atoms with van der Waals surface area (Å²) in [4.78, 5) is 22.8. The lowest BCUT2D eigenvalue weighted by molar-refractivity contribution is -0.123. The number of carbonyl (C=O) groups is 1. The van der Waals surface area contributed by atoms with Crippen LogP contribution in [0.1, 0.15) is 18.4 Å². The molecule has 0 unspecified atom stereocenters. The highest BCUT2D eigenvalue weighted by Crippen LogP contribution is 2.35. The van der Waals surface area contributed by atoms with E-state index in [1.807, 2.05) is 24.0 Å². The van der Waals surface area contributed by atoms with Crippen LogP contribution in [0.15, 0.2) is 33.9 Å². The number of thiazole rings is 1. The van der Waals surface area contributed by atoms with E-state index in [1.54, 1.807) is 17.5 Å². The molecule has 12 heteroatoms. The van der Waals surface area contributed by atoms with Crippen molar-refractivity contribution in [2.45, 2.75) is 24.0 Å². The Morgan fingerprint density at radius 1 is 1.22 bits per heavy atom. The van der Waals surface area contributed by atoms with Crippen LogP contribution in [0.4, 0.5) is 5.13 Å². The van der Waals surface area contributed by atoms with Crippen molar-refractivity contribution in [1.82, 2.24) is 14.2 Å². The molecule has 4 heterocycles. The molecule has 1 amide bonds. The molecule has 0 atom stereocenters. The molecule has 194 valence electrons. The molecule has 0 aliphatic carbocycles. The number of hydrogen-bond donors (Lipinski definition) is 0. The zero-order valence-corrected chi connectivity index (χ0v) is 23.3. The lowest BCUT2D eigenvalue weighted by Gasteiger charge is -2.34. The topological polar surface area (TPSA) is 83.0 Å². The molecule has 8 nitrogen and oxygen atoms in total. The first kappa shape index (κ1) is 26.0. The maximum absolute atomic E-state index is 13.8. The number of piperidine rings is 1. The van der Waals surface area contributed by atoms with E-state index in [4.69, 9.17) is 21.3 Å². The average molecular weight is 569 g/mol. The number of fused-ring (bicyclic) bond motifs is 1. The molecule has 1 aromatic carbocycles. The molecule has 0 radical (unpaired) electrons. The van der Waals surface area contributed by atoms with E-state index in [1.165, 1.54) is 27.0 Å². The van der Waals surface area contributed by atoms with Gasteiger partial charge < -0.3 is 4.74 Å². The van der Waals surface area contributed by atoms with Gasteiger partial charge in [-0.25, -0.2) is 13.4 Å². The third-order valence-electron chi connectivity index (χ3n) is 6.77. The Morgan fingerprint density at radius 2 is 1.97 bits per heavy atom. The molecular formula is C24H29ClN4O4S3. The van der Waals surface area contributed by atoms with Crippen LogP contribution < -0.4 is 4.90 Å². The second kappa shape index (κ2) is 11.0. The third kappa shape index (κ3) is 5.47. The fraction of sp³-hybridized carbons (Fsp3) is 0.500. The number of sulfonamides is 1. The fourth-order valence-electron chi connectivity index (χ4n) is 4.73. The van der Waals surface area contributed by atoms with Gasteiger partial charge in [-0.2, -0.15) is 4.31 Å². The molecule has 0 spiro atoms. The van der Waals surface area contributed by atoms with Crippen molar-refractivity contribution in [2.75, 3.05) is 57.4 Å². The maximum atomic E-state index is 13.8. The number of amides is 1. The minimum absolute atomic E-state index is 0.0132. The van der Waals surface area contributed by atoms with Gasteiger partial charge in [-0.05, 0) is 48.9 Å². The van der Waals surface area contributed by atoms with Crippen LogP contribution in [0.5, 0.6) is 0 Å². The van der Waals surface area contributed by atoms with Gasteiger partial charge in [-0.15, -0.1) is 11.3 Å². The third-order valence-corrected chi connectivity index (χ3v) is 11.3. The van der Waals surface area contributed by atoms with Gasteiger partial charge in [0.05, 0.1) is 23.4 Å². The van der Waals surface area contributed by atoms with Crippen molar-refractivity contribution in [3.05, 3.63) is 40.2 Å². The van der Waals surface area contributed by atoms with Gasteiger partial charge in [-0.1, -0.05) is 29.0 Å². The summed E-state index contributed by atoms with van der Waals surface area (Å²) in [5.74, 6) is -0.236. The van der Waals surface area contributed by atoms with Crippen molar-refractivity contribution in [3.63, 3.8) is 0 Å². The molecule has 0 saturated carbocycles. The van der Waals surface area contributed by atoms with Gasteiger partial charge in [0.1, 0.15) is 4.21 Å². The monoisotopic (exact) mass is 568 g/mol. The van der Waals surface area contributed by atoms with Crippen LogP contribution in [0, 0.1) is 12.8 Å². The molecule has 2 fully saturated rings. The zero-order chi connectivity index (χ0) is 25.3. The van der Waals surface area contributed by atoms with E-state index in [9.17, 15) is 13.2 Å². The summed E-state index contributed by atoms with van der Waals surface area (Å²) in [5.41, 5.74) is 1.84. The first-order valence-corrected chi connectivity index (χ1v) is 15.6. The summed E-state index contributed by atoms with van der Waals surface area (Å²) in [7, 11) is -3.51. The van der Waals surface area contributed by atoms with Gasteiger partial charge in [0.15, 0.2) is 5.13 Å². The van der Waals surface area contributed by atoms with Crippen molar-refractivity contribution in [2.24, 2.45) is 5.92 Å². The van der Waals surface area contributed by atoms with Crippen LogP contribution in [0.3, 0.4) is 0 Å². The number of morpholine rings is 1. The summed E-state index contributed by atoms with van der Waals surface area (Å²) in [6.45, 7) is 6.99. The van der Waals surface area contributed by atoms with Gasteiger partial charge in [0.2, 0.25) is 5.91 Å². The van der Waals surface area contributed by atoms with Crippen LogP contribution in [-0.4, -0.2) is 81.0 Å². The number of rotatable bonds is 7. The van der Waals surface area contributed by atoms with E-state index in [0.29, 0.717) is 60.1 Å². The predicted molar refractivity (Wildman–Crippen MR) is 145 cm³/mol. The average Bonchev–Trinajstić information content (AvgIpc) is 3.56. The largest absolute Gasteiger partial charge is 0.379 e. The Hall–Kier alpha value is -1.60. The van der Waals surface area contributed by atoms with Crippen molar-refractivity contribution in [3.8, 4) is 0 Å². The Kier molecular flexibility index (Phi) is 7.97. The van der Waals surface area contributed by atoms with E-state index < -0.39 is 10.0 Å². The summed E-state index contributed by atoms with van der Waals surface area (Å²) in [5, 5.41) is 3.09. The molecule has 2 aromatic heterocycles. The minimum atomic E-state index is -3.51. The van der Waals surface area contributed by atoms with E-state index >= 15 is 0 Å². The number of hydrogen-bond acceptors (Lipinski definition) is 8. The second-order valence-corrected chi connectivity index (χ2v) is 13.7. The van der Waals surface area contributed by atoms with Crippen LogP contribution in [0.25, 0.3) is 10.2 Å². The zero-order valence-electron chi connectivity index (χ0n) is 20.1. The van der Waals surface area contributed by atoms with Crippen molar-refractivity contribution < 1.29 is 17.9 Å². The van der Waals surface area contributed by atoms with Gasteiger partial charge in [0.25, 0.3) is 10.0 Å². The molecule has 2 aliphatic heterocycles. The maximum Gasteiger partial charge on any atom is 0.252 e. The summed E-state index contributed by atoms with van der Waals surface area (Å²) in [6.07, 6.45) is 0.987. The van der Waals surface area contributed by atoms with Crippen LogP contribution in [-0.2, 0) is 19.6 Å². The molecule has 36 heavy (non-hydrogen) atoms. The molecule has 2 aliphatic rings. The number of ether oxygens (including phenoxy) is 1.